The number of halogens is 1. The number of methoxy groups -OCH3 is 1. The zero-order chi connectivity index (χ0) is 11.4. The third-order valence-electron chi connectivity index (χ3n) is 2.05. The van der Waals surface area contributed by atoms with Gasteiger partial charge in [-0.3, -0.25) is 4.79 Å². The van der Waals surface area contributed by atoms with Gasteiger partial charge in [-0.2, -0.15) is 0 Å². The fourth-order valence-electron chi connectivity index (χ4n) is 1.24. The monoisotopic (exact) mass is 211 g/mol. The minimum absolute atomic E-state index is 0.193. The van der Waals surface area contributed by atoms with Crippen molar-refractivity contribution in [3.63, 3.8) is 0 Å². The van der Waals surface area contributed by atoms with Crippen LogP contribution in [0.25, 0.3) is 0 Å². The number of carbonyl (C=O) groups excluding carboxylic acids is 1. The molecule has 1 rings (SSSR count). The molecule has 4 heteroatoms. The summed E-state index contributed by atoms with van der Waals surface area (Å²) in [4.78, 5) is 11.4. The Morgan fingerprint density at radius 1 is 1.60 bits per heavy atom. The predicted octanol–water partition coefficient (Wildman–Crippen LogP) is 1.50. The molecular weight excluding hydrogens is 197 g/mol. The van der Waals surface area contributed by atoms with Crippen molar-refractivity contribution in [2.24, 2.45) is 5.73 Å². The zero-order valence-corrected chi connectivity index (χ0v) is 8.79. The van der Waals surface area contributed by atoms with E-state index in [2.05, 4.69) is 0 Å². The number of nitrogens with two attached hydrogens (primary N) is 1. The number of hydrogen-bond donors (Lipinski definition) is 1. The van der Waals surface area contributed by atoms with Gasteiger partial charge < -0.3 is 10.5 Å². The lowest BCUT2D eigenvalue weighted by Gasteiger charge is -2.06. The molecule has 0 radical (unpaired) electrons. The summed E-state index contributed by atoms with van der Waals surface area (Å²) in [5.41, 5.74) is 6.14. The summed E-state index contributed by atoms with van der Waals surface area (Å²) >= 11 is 0. The van der Waals surface area contributed by atoms with E-state index < -0.39 is 11.9 Å². The molecule has 82 valence electrons. The minimum atomic E-state index is -0.613. The molecule has 0 amide bonds. The van der Waals surface area contributed by atoms with E-state index in [1.165, 1.54) is 19.2 Å². The first-order chi connectivity index (χ1) is 7.06. The third kappa shape index (κ3) is 2.84. The molecule has 0 spiro atoms. The lowest BCUT2D eigenvalue weighted by Crippen LogP contribution is -2.26. The van der Waals surface area contributed by atoms with Crippen molar-refractivity contribution in [1.29, 1.82) is 0 Å². The highest BCUT2D eigenvalue weighted by atomic mass is 19.1. The smallest absolute Gasteiger partial charge is 0.179 e. The average Bonchev–Trinajstić information content (AvgIpc) is 2.20. The lowest BCUT2D eigenvalue weighted by molar-refractivity contribution is 0.0967. The van der Waals surface area contributed by atoms with Gasteiger partial charge in [-0.25, -0.2) is 4.39 Å². The van der Waals surface area contributed by atoms with Gasteiger partial charge in [0.25, 0.3) is 0 Å². The molecule has 1 aromatic carbocycles. The molecule has 0 aromatic heterocycles. The van der Waals surface area contributed by atoms with E-state index in [0.29, 0.717) is 11.1 Å². The molecule has 0 bridgehead atoms. The first-order valence-electron chi connectivity index (χ1n) is 4.63. The summed E-state index contributed by atoms with van der Waals surface area (Å²) in [5.74, 6) is -0.707. The first kappa shape index (κ1) is 11.8. The fourth-order valence-corrected chi connectivity index (χ4v) is 1.24. The highest BCUT2D eigenvalue weighted by Gasteiger charge is 2.12. The highest BCUT2D eigenvalue weighted by Crippen LogP contribution is 2.12. The Bertz CT molecular complexity index is 364. The standard InChI is InChI=1S/C11H14FNO2/c1-7(13)11(14)8-3-4-9(6-15-2)10(12)5-8/h3-5,7H,6,13H2,1-2H3. The summed E-state index contributed by atoms with van der Waals surface area (Å²) in [5, 5.41) is 0. The molecule has 3 nitrogen and oxygen atoms in total. The van der Waals surface area contributed by atoms with Gasteiger partial charge in [-0.15, -0.1) is 0 Å². The second kappa shape index (κ2) is 5.00. The van der Waals surface area contributed by atoms with Gasteiger partial charge in [0, 0.05) is 18.2 Å². The summed E-state index contributed by atoms with van der Waals surface area (Å²) in [7, 11) is 1.49. The Morgan fingerprint density at radius 2 is 2.27 bits per heavy atom. The van der Waals surface area contributed by atoms with Gasteiger partial charge in [0.1, 0.15) is 5.82 Å². The van der Waals surface area contributed by atoms with E-state index >= 15 is 0 Å². The quantitative estimate of drug-likeness (QED) is 0.768. The molecular formula is C11H14FNO2. The Morgan fingerprint density at radius 3 is 2.73 bits per heavy atom. The number of benzene rings is 1. The molecule has 0 saturated heterocycles. The molecule has 0 aliphatic heterocycles. The number of rotatable bonds is 4. The van der Waals surface area contributed by atoms with Crippen LogP contribution >= 0.6 is 0 Å². The summed E-state index contributed by atoms with van der Waals surface area (Å²) < 4.78 is 18.2. The van der Waals surface area contributed by atoms with E-state index in [4.69, 9.17) is 10.5 Å². The number of hydrogen-bond acceptors (Lipinski definition) is 3. The van der Waals surface area contributed by atoms with Crippen LogP contribution in [0.4, 0.5) is 4.39 Å². The van der Waals surface area contributed by atoms with E-state index in [0.717, 1.165) is 0 Å². The van der Waals surface area contributed by atoms with Crippen LogP contribution in [0.1, 0.15) is 22.8 Å². The third-order valence-corrected chi connectivity index (χ3v) is 2.05. The van der Waals surface area contributed by atoms with Crippen molar-refractivity contribution >= 4 is 5.78 Å². The summed E-state index contributed by atoms with van der Waals surface area (Å²) in [6.07, 6.45) is 0. The molecule has 0 heterocycles. The molecule has 15 heavy (non-hydrogen) atoms. The molecule has 0 aliphatic rings. The zero-order valence-electron chi connectivity index (χ0n) is 8.79. The van der Waals surface area contributed by atoms with Gasteiger partial charge in [-0.05, 0) is 13.0 Å². The minimum Gasteiger partial charge on any atom is -0.380 e. The Balaban J connectivity index is 2.96. The van der Waals surface area contributed by atoms with Gasteiger partial charge in [0.2, 0.25) is 0 Å². The van der Waals surface area contributed by atoms with Crippen LogP contribution in [0.15, 0.2) is 18.2 Å². The molecule has 1 aromatic rings. The number of ketones is 1. The van der Waals surface area contributed by atoms with Crippen molar-refractivity contribution in [3.05, 3.63) is 35.1 Å². The van der Waals surface area contributed by atoms with Crippen LogP contribution < -0.4 is 5.73 Å². The molecule has 0 aliphatic carbocycles. The largest absolute Gasteiger partial charge is 0.380 e. The lowest BCUT2D eigenvalue weighted by atomic mass is 10.0. The van der Waals surface area contributed by atoms with Crippen molar-refractivity contribution in [1.82, 2.24) is 0 Å². The van der Waals surface area contributed by atoms with E-state index in [-0.39, 0.29) is 12.4 Å². The average molecular weight is 211 g/mol. The van der Waals surface area contributed by atoms with Gasteiger partial charge >= 0.3 is 0 Å². The topological polar surface area (TPSA) is 52.3 Å². The SMILES string of the molecule is COCc1ccc(C(=O)C(C)N)cc1F. The van der Waals surface area contributed by atoms with Gasteiger partial charge in [0.05, 0.1) is 12.6 Å². The van der Waals surface area contributed by atoms with E-state index in [1.807, 2.05) is 0 Å². The maximum absolute atomic E-state index is 13.4. The highest BCUT2D eigenvalue weighted by molar-refractivity contribution is 5.99. The molecule has 2 N–H and O–H groups in total. The van der Waals surface area contributed by atoms with Crippen LogP contribution in [0.2, 0.25) is 0 Å². The second-order valence-electron chi connectivity index (χ2n) is 3.39. The van der Waals surface area contributed by atoms with Crippen molar-refractivity contribution in [2.75, 3.05) is 7.11 Å². The number of ether oxygens (including phenoxy) is 1. The summed E-state index contributed by atoms with van der Waals surface area (Å²) in [6, 6.07) is 3.68. The van der Waals surface area contributed by atoms with Gasteiger partial charge in [-0.1, -0.05) is 12.1 Å². The van der Waals surface area contributed by atoms with Gasteiger partial charge in [0.15, 0.2) is 5.78 Å². The second-order valence-corrected chi connectivity index (χ2v) is 3.39. The van der Waals surface area contributed by atoms with Crippen molar-refractivity contribution in [2.45, 2.75) is 19.6 Å². The van der Waals surface area contributed by atoms with Crippen LogP contribution in [-0.2, 0) is 11.3 Å². The predicted molar refractivity (Wildman–Crippen MR) is 55.1 cm³/mol. The molecule has 1 unspecified atom stereocenters. The van der Waals surface area contributed by atoms with E-state index in [1.54, 1.807) is 13.0 Å². The maximum atomic E-state index is 13.4. The number of carbonyl (C=O) groups is 1. The first-order valence-corrected chi connectivity index (χ1v) is 4.63. The fraction of sp³-hybridized carbons (Fsp3) is 0.364. The van der Waals surface area contributed by atoms with Crippen LogP contribution in [0.3, 0.4) is 0 Å². The number of Topliss-reactive ketones (excluding diaryl/α,β-unsaturated/α-hetero) is 1. The maximum Gasteiger partial charge on any atom is 0.179 e. The van der Waals surface area contributed by atoms with Crippen LogP contribution in [0, 0.1) is 5.82 Å². The van der Waals surface area contributed by atoms with Crippen molar-refractivity contribution < 1.29 is 13.9 Å². The molecule has 0 saturated carbocycles. The Kier molecular flexibility index (Phi) is 3.94. The Labute approximate surface area is 88.0 Å². The molecule has 1 atom stereocenters. The summed E-state index contributed by atoms with van der Waals surface area (Å²) in [6.45, 7) is 1.77. The van der Waals surface area contributed by atoms with Crippen LogP contribution in [0.5, 0.6) is 0 Å². The normalized spacial score (nSPS) is 12.5. The van der Waals surface area contributed by atoms with E-state index in [9.17, 15) is 9.18 Å². The van der Waals surface area contributed by atoms with Crippen LogP contribution in [-0.4, -0.2) is 18.9 Å². The molecule has 0 fully saturated rings. The Hall–Kier alpha value is -1.26. The van der Waals surface area contributed by atoms with Crippen molar-refractivity contribution in [3.8, 4) is 0 Å².